The van der Waals surface area contributed by atoms with Gasteiger partial charge in [0.15, 0.2) is 12.2 Å². The van der Waals surface area contributed by atoms with Crippen molar-refractivity contribution in [2.45, 2.75) is 95.1 Å². The van der Waals surface area contributed by atoms with E-state index in [1.165, 1.54) is 6.92 Å². The standard InChI is InChI=1S/C23H34O8/c1-13(19(24)26-10-14-4-6-22(2)17(8-14)30-22)20(25)27-11-16-12-28-21(29-16)15-5-7-23(3)18(9-15)31-23/h13-18,21H,4-12H2,1-3H3. The summed E-state index contributed by atoms with van der Waals surface area (Å²) in [5, 5.41) is 0. The molecule has 3 saturated heterocycles. The van der Waals surface area contributed by atoms with Crippen LogP contribution in [0.5, 0.6) is 0 Å². The van der Waals surface area contributed by atoms with Crippen LogP contribution in [0.2, 0.25) is 0 Å². The molecule has 0 aromatic rings. The molecule has 5 aliphatic rings. The van der Waals surface area contributed by atoms with Gasteiger partial charge in [0.1, 0.15) is 12.7 Å². The minimum absolute atomic E-state index is 0.0475. The summed E-state index contributed by atoms with van der Waals surface area (Å²) in [6.45, 7) is 6.61. The second-order valence-corrected chi connectivity index (χ2v) is 10.5. The minimum atomic E-state index is -0.952. The van der Waals surface area contributed by atoms with E-state index in [4.69, 9.17) is 28.4 Å². The van der Waals surface area contributed by atoms with Gasteiger partial charge in [0.05, 0.1) is 36.6 Å². The van der Waals surface area contributed by atoms with Gasteiger partial charge >= 0.3 is 11.9 Å². The Hall–Kier alpha value is -1.22. The number of hydrogen-bond donors (Lipinski definition) is 0. The Morgan fingerprint density at radius 3 is 2.29 bits per heavy atom. The molecule has 3 heterocycles. The largest absolute Gasteiger partial charge is 0.465 e. The number of hydrogen-bond acceptors (Lipinski definition) is 8. The number of carbonyl (C=O) groups excluding carboxylic acids is 2. The van der Waals surface area contributed by atoms with Crippen molar-refractivity contribution in [3.63, 3.8) is 0 Å². The molecule has 5 fully saturated rings. The number of esters is 2. The number of rotatable bonds is 7. The maximum absolute atomic E-state index is 12.3. The van der Waals surface area contributed by atoms with Crippen LogP contribution in [0.3, 0.4) is 0 Å². The Balaban J connectivity index is 0.990. The third kappa shape index (κ3) is 4.49. The van der Waals surface area contributed by atoms with Gasteiger partial charge in [-0.15, -0.1) is 0 Å². The van der Waals surface area contributed by atoms with Gasteiger partial charge < -0.3 is 28.4 Å². The monoisotopic (exact) mass is 438 g/mol. The van der Waals surface area contributed by atoms with Crippen molar-refractivity contribution in [2.24, 2.45) is 17.8 Å². The Morgan fingerprint density at radius 1 is 0.968 bits per heavy atom. The molecule has 0 N–H and O–H groups in total. The van der Waals surface area contributed by atoms with E-state index in [9.17, 15) is 9.59 Å². The molecule has 0 amide bonds. The molecule has 0 aromatic heterocycles. The lowest BCUT2D eigenvalue weighted by atomic mass is 9.82. The van der Waals surface area contributed by atoms with Crippen molar-refractivity contribution < 1.29 is 38.0 Å². The van der Waals surface area contributed by atoms with Crippen LogP contribution >= 0.6 is 0 Å². The first-order valence-corrected chi connectivity index (χ1v) is 11.7. The third-order valence-corrected chi connectivity index (χ3v) is 7.93. The fourth-order valence-corrected chi connectivity index (χ4v) is 5.32. The summed E-state index contributed by atoms with van der Waals surface area (Å²) in [5.74, 6) is -1.46. The second kappa shape index (κ2) is 7.97. The van der Waals surface area contributed by atoms with Crippen molar-refractivity contribution in [1.29, 1.82) is 0 Å². The molecule has 2 aliphatic carbocycles. The molecule has 9 unspecified atom stereocenters. The van der Waals surface area contributed by atoms with Gasteiger partial charge in [-0.05, 0) is 65.2 Å². The second-order valence-electron chi connectivity index (χ2n) is 10.5. The molecule has 2 saturated carbocycles. The van der Waals surface area contributed by atoms with Crippen molar-refractivity contribution in [3.8, 4) is 0 Å². The third-order valence-electron chi connectivity index (χ3n) is 7.93. The maximum Gasteiger partial charge on any atom is 0.320 e. The Bertz CT molecular complexity index is 726. The number of fused-ring (bicyclic) bond motifs is 2. The van der Waals surface area contributed by atoms with E-state index in [1.807, 2.05) is 0 Å². The van der Waals surface area contributed by atoms with Crippen LogP contribution in [-0.2, 0) is 38.0 Å². The number of epoxide rings is 2. The van der Waals surface area contributed by atoms with Gasteiger partial charge in [0.2, 0.25) is 0 Å². The lowest BCUT2D eigenvalue weighted by Gasteiger charge is -2.26. The summed E-state index contributed by atoms with van der Waals surface area (Å²) >= 11 is 0. The van der Waals surface area contributed by atoms with E-state index in [0.29, 0.717) is 37.3 Å². The molecule has 0 radical (unpaired) electrons. The van der Waals surface area contributed by atoms with Crippen molar-refractivity contribution in [2.75, 3.05) is 19.8 Å². The lowest BCUT2D eigenvalue weighted by Crippen LogP contribution is -2.32. The molecule has 174 valence electrons. The minimum Gasteiger partial charge on any atom is -0.465 e. The van der Waals surface area contributed by atoms with Crippen LogP contribution < -0.4 is 0 Å². The topological polar surface area (TPSA) is 96.1 Å². The molecular weight excluding hydrogens is 404 g/mol. The molecule has 31 heavy (non-hydrogen) atoms. The van der Waals surface area contributed by atoms with Crippen LogP contribution in [-0.4, -0.2) is 67.6 Å². The molecule has 0 spiro atoms. The van der Waals surface area contributed by atoms with Crippen molar-refractivity contribution in [1.82, 2.24) is 0 Å². The summed E-state index contributed by atoms with van der Waals surface area (Å²) in [6.07, 6.45) is 5.91. The first kappa shape index (κ1) is 21.6. The smallest absolute Gasteiger partial charge is 0.320 e. The van der Waals surface area contributed by atoms with E-state index >= 15 is 0 Å². The molecule has 0 bridgehead atoms. The van der Waals surface area contributed by atoms with E-state index in [1.54, 1.807) is 0 Å². The average molecular weight is 439 g/mol. The molecule has 0 aromatic carbocycles. The summed E-state index contributed by atoms with van der Waals surface area (Å²) in [6, 6.07) is 0. The molecular formula is C23H34O8. The van der Waals surface area contributed by atoms with Crippen LogP contribution in [0.4, 0.5) is 0 Å². The fraction of sp³-hybridized carbons (Fsp3) is 0.913. The summed E-state index contributed by atoms with van der Waals surface area (Å²) in [5.41, 5.74) is 0.115. The predicted molar refractivity (Wildman–Crippen MR) is 107 cm³/mol. The van der Waals surface area contributed by atoms with Crippen molar-refractivity contribution in [3.05, 3.63) is 0 Å². The first-order valence-electron chi connectivity index (χ1n) is 11.7. The zero-order valence-corrected chi connectivity index (χ0v) is 18.7. The SMILES string of the molecule is CC(C(=O)OCC1CCC2(C)OC2C1)C(=O)OCC1COC(C2CCC3(C)OC3C2)O1. The quantitative estimate of drug-likeness (QED) is 0.340. The first-order chi connectivity index (χ1) is 14.8. The van der Waals surface area contributed by atoms with Crippen LogP contribution in [0.25, 0.3) is 0 Å². The molecule has 8 heteroatoms. The number of carbonyl (C=O) groups is 2. The summed E-state index contributed by atoms with van der Waals surface area (Å²) in [4.78, 5) is 24.6. The van der Waals surface area contributed by atoms with Gasteiger partial charge in [-0.2, -0.15) is 0 Å². The molecule has 8 nitrogen and oxygen atoms in total. The zero-order chi connectivity index (χ0) is 21.8. The highest BCUT2D eigenvalue weighted by Crippen LogP contribution is 2.51. The Kier molecular flexibility index (Phi) is 5.56. The highest BCUT2D eigenvalue weighted by atomic mass is 16.7. The van der Waals surface area contributed by atoms with Crippen LogP contribution in [0, 0.1) is 17.8 Å². The van der Waals surface area contributed by atoms with E-state index < -0.39 is 17.9 Å². The van der Waals surface area contributed by atoms with E-state index in [0.717, 1.165) is 38.5 Å². The van der Waals surface area contributed by atoms with Crippen LogP contribution in [0.15, 0.2) is 0 Å². The van der Waals surface area contributed by atoms with Gasteiger partial charge in [0, 0.05) is 5.92 Å². The van der Waals surface area contributed by atoms with Gasteiger partial charge in [-0.1, -0.05) is 0 Å². The van der Waals surface area contributed by atoms with Crippen molar-refractivity contribution >= 4 is 11.9 Å². The van der Waals surface area contributed by atoms with E-state index in [-0.39, 0.29) is 30.2 Å². The Labute approximate surface area is 183 Å². The summed E-state index contributed by atoms with van der Waals surface area (Å²) < 4.78 is 33.9. The normalized spacial score (nSPS) is 46.4. The zero-order valence-electron chi connectivity index (χ0n) is 18.7. The molecule has 5 rings (SSSR count). The fourth-order valence-electron chi connectivity index (χ4n) is 5.32. The molecule has 3 aliphatic heterocycles. The number of ether oxygens (including phenoxy) is 6. The Morgan fingerprint density at radius 2 is 1.61 bits per heavy atom. The van der Waals surface area contributed by atoms with Gasteiger partial charge in [-0.25, -0.2) is 0 Å². The average Bonchev–Trinajstić information content (AvgIpc) is 3.55. The lowest BCUT2D eigenvalue weighted by molar-refractivity contribution is -0.165. The highest BCUT2D eigenvalue weighted by Gasteiger charge is 2.57. The molecule has 9 atom stereocenters. The van der Waals surface area contributed by atoms with E-state index in [2.05, 4.69) is 13.8 Å². The van der Waals surface area contributed by atoms with Gasteiger partial charge in [-0.3, -0.25) is 9.59 Å². The van der Waals surface area contributed by atoms with Crippen LogP contribution in [0.1, 0.15) is 59.3 Å². The summed E-state index contributed by atoms with van der Waals surface area (Å²) in [7, 11) is 0. The highest BCUT2D eigenvalue weighted by molar-refractivity contribution is 5.94. The predicted octanol–water partition coefficient (Wildman–Crippen LogP) is 2.37. The van der Waals surface area contributed by atoms with Gasteiger partial charge in [0.25, 0.3) is 0 Å². The maximum atomic E-state index is 12.3.